The highest BCUT2D eigenvalue weighted by atomic mass is 32.1. The zero-order valence-corrected chi connectivity index (χ0v) is 24.4. The normalized spacial score (nSPS) is 16.3. The van der Waals surface area contributed by atoms with Gasteiger partial charge in [0.25, 0.3) is 11.8 Å². The Bertz CT molecular complexity index is 1410. The standard InChI is InChI=1S/C27H26F4N4O4.2H2S/c1-4-34-25-21(15(3)33-35(25)14-20(36)39-5-2)22(16-9-11-19(28)12-10-16)23(26(34)38)32-24(37)17-7-6-8-18(13-17)27(29,30)31;;/h6-13,22-23H,4-5,14H2,1-3H3,(H,32,37);2*1H2/t22-,23-;;/m0../s1. The smallest absolute Gasteiger partial charge is 0.416 e. The number of hydrogen-bond acceptors (Lipinski definition) is 5. The molecule has 0 saturated carbocycles. The molecule has 0 unspecified atom stereocenters. The minimum absolute atomic E-state index is 0. The summed E-state index contributed by atoms with van der Waals surface area (Å²) in [6, 6.07) is 7.95. The summed E-state index contributed by atoms with van der Waals surface area (Å²) in [7, 11) is 0. The van der Waals surface area contributed by atoms with E-state index in [9.17, 15) is 31.9 Å². The molecule has 0 aliphatic carbocycles. The van der Waals surface area contributed by atoms with E-state index >= 15 is 0 Å². The first-order valence-corrected chi connectivity index (χ1v) is 12.2. The Morgan fingerprint density at radius 2 is 1.73 bits per heavy atom. The third kappa shape index (κ3) is 6.87. The molecule has 4 rings (SSSR count). The van der Waals surface area contributed by atoms with Crippen molar-refractivity contribution in [2.45, 2.75) is 45.5 Å². The largest absolute Gasteiger partial charge is 0.465 e. The summed E-state index contributed by atoms with van der Waals surface area (Å²) in [5, 5.41) is 7.07. The van der Waals surface area contributed by atoms with Crippen molar-refractivity contribution in [2.75, 3.05) is 18.1 Å². The third-order valence-electron chi connectivity index (χ3n) is 6.45. The molecule has 14 heteroatoms. The van der Waals surface area contributed by atoms with Gasteiger partial charge in [0.05, 0.1) is 17.9 Å². The maximum Gasteiger partial charge on any atom is 0.416 e. The Morgan fingerprint density at radius 3 is 2.32 bits per heavy atom. The second kappa shape index (κ2) is 13.4. The van der Waals surface area contributed by atoms with Crippen molar-refractivity contribution in [3.63, 3.8) is 0 Å². The zero-order chi connectivity index (χ0) is 28.5. The van der Waals surface area contributed by atoms with Gasteiger partial charge in [0.1, 0.15) is 24.2 Å². The van der Waals surface area contributed by atoms with Crippen molar-refractivity contribution < 1.29 is 36.7 Å². The summed E-state index contributed by atoms with van der Waals surface area (Å²) < 4.78 is 59.9. The number of anilines is 1. The van der Waals surface area contributed by atoms with Gasteiger partial charge in [-0.2, -0.15) is 45.3 Å². The van der Waals surface area contributed by atoms with E-state index in [0.29, 0.717) is 28.7 Å². The molecule has 2 aromatic carbocycles. The number of aryl methyl sites for hydroxylation is 1. The molecule has 1 aliphatic heterocycles. The number of fused-ring (bicyclic) bond motifs is 1. The third-order valence-corrected chi connectivity index (χ3v) is 6.45. The lowest BCUT2D eigenvalue weighted by Gasteiger charge is -2.38. The van der Waals surface area contributed by atoms with Gasteiger partial charge in [-0.25, -0.2) is 9.07 Å². The first-order valence-electron chi connectivity index (χ1n) is 12.2. The van der Waals surface area contributed by atoms with Crippen LogP contribution in [0.1, 0.15) is 52.5 Å². The zero-order valence-electron chi connectivity index (χ0n) is 22.4. The molecule has 8 nitrogen and oxygen atoms in total. The highest BCUT2D eigenvalue weighted by molar-refractivity contribution is 7.59. The van der Waals surface area contributed by atoms with Gasteiger partial charge in [0.2, 0.25) is 0 Å². The number of rotatable bonds is 7. The van der Waals surface area contributed by atoms with E-state index in [1.807, 2.05) is 0 Å². The maximum absolute atomic E-state index is 13.8. The molecule has 222 valence electrons. The average molecular weight is 615 g/mol. The van der Waals surface area contributed by atoms with E-state index in [4.69, 9.17) is 4.74 Å². The van der Waals surface area contributed by atoms with Gasteiger partial charge >= 0.3 is 12.1 Å². The van der Waals surface area contributed by atoms with E-state index < -0.39 is 47.3 Å². The molecule has 2 heterocycles. The highest BCUT2D eigenvalue weighted by Gasteiger charge is 2.45. The van der Waals surface area contributed by atoms with Crippen LogP contribution in [-0.2, 0) is 27.0 Å². The molecule has 1 aromatic heterocycles. The van der Waals surface area contributed by atoms with Gasteiger partial charge in [-0.3, -0.25) is 19.3 Å². The lowest BCUT2D eigenvalue weighted by atomic mass is 9.81. The number of nitrogens with one attached hydrogen (secondary N) is 1. The van der Waals surface area contributed by atoms with Crippen LogP contribution in [0.25, 0.3) is 0 Å². The number of aromatic nitrogens is 2. The van der Waals surface area contributed by atoms with Gasteiger partial charge in [-0.1, -0.05) is 18.2 Å². The van der Waals surface area contributed by atoms with Crippen LogP contribution < -0.4 is 10.2 Å². The first-order chi connectivity index (χ1) is 18.5. The van der Waals surface area contributed by atoms with E-state index in [2.05, 4.69) is 10.4 Å². The summed E-state index contributed by atoms with van der Waals surface area (Å²) in [6.07, 6.45) is -4.66. The summed E-state index contributed by atoms with van der Waals surface area (Å²) in [5.74, 6) is -3.08. The van der Waals surface area contributed by atoms with Crippen LogP contribution in [0.15, 0.2) is 48.5 Å². The predicted octanol–water partition coefficient (Wildman–Crippen LogP) is 4.44. The van der Waals surface area contributed by atoms with E-state index in [-0.39, 0.29) is 52.3 Å². The topological polar surface area (TPSA) is 93.5 Å². The van der Waals surface area contributed by atoms with Crippen LogP contribution in [-0.4, -0.2) is 46.8 Å². The number of carbonyl (C=O) groups is 3. The minimum atomic E-state index is -4.66. The Balaban J connectivity index is 0.00000294. The molecular weight excluding hydrogens is 584 g/mol. The molecule has 1 aliphatic rings. The number of carbonyl (C=O) groups excluding carboxylic acids is 3. The maximum atomic E-state index is 13.8. The van der Waals surface area contributed by atoms with Gasteiger partial charge in [-0.05, 0) is 56.7 Å². The van der Waals surface area contributed by atoms with Crippen LogP contribution in [0.2, 0.25) is 0 Å². The monoisotopic (exact) mass is 614 g/mol. The van der Waals surface area contributed by atoms with Gasteiger partial charge < -0.3 is 10.1 Å². The summed E-state index contributed by atoms with van der Waals surface area (Å²) in [4.78, 5) is 40.7. The molecule has 0 bridgehead atoms. The molecule has 2 atom stereocenters. The van der Waals surface area contributed by atoms with Crippen LogP contribution in [0.5, 0.6) is 0 Å². The fourth-order valence-electron chi connectivity index (χ4n) is 4.79. The Morgan fingerprint density at radius 1 is 1.07 bits per heavy atom. The second-order valence-electron chi connectivity index (χ2n) is 8.93. The van der Waals surface area contributed by atoms with Crippen molar-refractivity contribution in [3.8, 4) is 0 Å². The second-order valence-corrected chi connectivity index (χ2v) is 8.93. The number of nitrogens with zero attached hydrogens (tertiary/aromatic N) is 3. The number of amides is 2. The number of hydrogen-bond donors (Lipinski definition) is 1. The number of benzene rings is 2. The van der Waals surface area contributed by atoms with Gasteiger partial charge in [0.15, 0.2) is 0 Å². The summed E-state index contributed by atoms with van der Waals surface area (Å²) in [5.41, 5.74) is 0.150. The van der Waals surface area contributed by atoms with Crippen molar-refractivity contribution in [2.24, 2.45) is 0 Å². The van der Waals surface area contributed by atoms with Crippen LogP contribution in [0, 0.1) is 12.7 Å². The molecule has 0 fully saturated rings. The molecule has 0 saturated heterocycles. The number of ether oxygens (including phenoxy) is 1. The van der Waals surface area contributed by atoms with Crippen LogP contribution in [0.3, 0.4) is 0 Å². The fraction of sp³-hybridized carbons (Fsp3) is 0.333. The number of esters is 1. The number of likely N-dealkylation sites (N-methyl/N-ethyl adjacent to an activating group) is 1. The van der Waals surface area contributed by atoms with Gasteiger partial charge in [-0.15, -0.1) is 0 Å². The molecule has 3 aromatic rings. The quantitative estimate of drug-likeness (QED) is 0.314. The van der Waals surface area contributed by atoms with Crippen molar-refractivity contribution in [1.82, 2.24) is 15.1 Å². The number of halogens is 4. The molecule has 41 heavy (non-hydrogen) atoms. The van der Waals surface area contributed by atoms with Crippen LogP contribution >= 0.6 is 27.0 Å². The lowest BCUT2D eigenvalue weighted by Crippen LogP contribution is -2.55. The molecule has 1 N–H and O–H groups in total. The summed E-state index contributed by atoms with van der Waals surface area (Å²) >= 11 is 0. The predicted molar refractivity (Wildman–Crippen MR) is 153 cm³/mol. The Hall–Kier alpha value is -3.52. The van der Waals surface area contributed by atoms with Gasteiger partial charge in [0, 0.05) is 23.6 Å². The average Bonchev–Trinajstić information content (AvgIpc) is 3.19. The van der Waals surface area contributed by atoms with Crippen molar-refractivity contribution >= 4 is 50.6 Å². The SMILES string of the molecule is CCOC(=O)Cn1nc(C)c2c1N(CC)C(=O)[C@@H](NC(=O)c1cccc(C(F)(F)F)c1)[C@H]2c1ccc(F)cc1.S.S. The first kappa shape index (κ1) is 33.7. The van der Waals surface area contributed by atoms with E-state index in [1.165, 1.54) is 39.9 Å². The Labute approximate surface area is 247 Å². The highest BCUT2D eigenvalue weighted by Crippen LogP contribution is 2.42. The van der Waals surface area contributed by atoms with E-state index in [1.54, 1.807) is 20.8 Å². The lowest BCUT2D eigenvalue weighted by molar-refractivity contribution is -0.144. The molecule has 2 amide bonds. The molecule has 0 spiro atoms. The number of alkyl halides is 3. The van der Waals surface area contributed by atoms with Crippen molar-refractivity contribution in [3.05, 3.63) is 82.3 Å². The summed E-state index contributed by atoms with van der Waals surface area (Å²) in [6.45, 7) is 5.05. The van der Waals surface area contributed by atoms with E-state index in [0.717, 1.165) is 12.1 Å². The van der Waals surface area contributed by atoms with Crippen LogP contribution in [0.4, 0.5) is 23.4 Å². The fourth-order valence-corrected chi connectivity index (χ4v) is 4.79. The molecule has 0 radical (unpaired) electrons. The Kier molecular flexibility index (Phi) is 11.0. The van der Waals surface area contributed by atoms with Crippen molar-refractivity contribution in [1.29, 1.82) is 0 Å². The minimum Gasteiger partial charge on any atom is -0.465 e. The molecular formula is C27H30F4N4O4S2.